The molecule has 0 aliphatic heterocycles. The van der Waals surface area contributed by atoms with Crippen LogP contribution in [0.3, 0.4) is 0 Å². The first-order chi connectivity index (χ1) is 9.15. The van der Waals surface area contributed by atoms with Crippen LogP contribution in [0.2, 0.25) is 0 Å². The number of halogens is 3. The van der Waals surface area contributed by atoms with Crippen molar-refractivity contribution in [1.82, 2.24) is 4.90 Å². The lowest BCUT2D eigenvalue weighted by Gasteiger charge is -2.34. The molecule has 0 aromatic heterocycles. The lowest BCUT2D eigenvalue weighted by Crippen LogP contribution is -2.39. The Bertz CT molecular complexity index is 375. The lowest BCUT2D eigenvalue weighted by atomic mass is 9.98. The predicted octanol–water partition coefficient (Wildman–Crippen LogP) is 3.03. The summed E-state index contributed by atoms with van der Waals surface area (Å²) < 4.78 is 39.3. The molecule has 2 atom stereocenters. The summed E-state index contributed by atoms with van der Waals surface area (Å²) in [6.07, 6.45) is -1.30. The van der Waals surface area contributed by atoms with Crippen LogP contribution in [0.1, 0.15) is 20.3 Å². The third-order valence-electron chi connectivity index (χ3n) is 3.31. The van der Waals surface area contributed by atoms with E-state index in [4.69, 9.17) is 5.11 Å². The molecular formula is C14H23F3N2O. The molecule has 0 radical (unpaired) electrons. The first-order valence-electron chi connectivity index (χ1n) is 6.36. The molecule has 3 nitrogen and oxygen atoms in total. The highest BCUT2D eigenvalue weighted by Gasteiger charge is 2.38. The Balaban J connectivity index is 5.19. The molecule has 116 valence electrons. The number of nitrogens with zero attached hydrogens (tertiary/aromatic N) is 2. The van der Waals surface area contributed by atoms with E-state index in [2.05, 4.69) is 11.6 Å². The standard InChI is InChI=1S/C14H23F3N2O/c1-10(9-20)8-13(14(15,16)17)19(5)12(3)11(2)6-7-18-4/h7-8,11-12,20H,1,6,9H2,2-5H3/b13-8-,18-7?/t11?,12-/m1/s1. The molecule has 0 aliphatic rings. The van der Waals surface area contributed by atoms with E-state index in [1.54, 1.807) is 20.2 Å². The normalized spacial score (nSPS) is 16.3. The van der Waals surface area contributed by atoms with Gasteiger partial charge >= 0.3 is 6.18 Å². The molecule has 0 amide bonds. The average Bonchev–Trinajstić information content (AvgIpc) is 2.38. The second-order valence-corrected chi connectivity index (χ2v) is 4.85. The van der Waals surface area contributed by atoms with Gasteiger partial charge in [0.1, 0.15) is 5.70 Å². The Morgan fingerprint density at radius 2 is 1.95 bits per heavy atom. The fourth-order valence-electron chi connectivity index (χ4n) is 1.69. The summed E-state index contributed by atoms with van der Waals surface area (Å²) in [6.45, 7) is 6.49. The highest BCUT2D eigenvalue weighted by Crippen LogP contribution is 2.31. The monoisotopic (exact) mass is 292 g/mol. The van der Waals surface area contributed by atoms with Gasteiger partial charge in [-0.3, -0.25) is 0 Å². The maximum Gasteiger partial charge on any atom is 0.431 e. The molecule has 20 heavy (non-hydrogen) atoms. The van der Waals surface area contributed by atoms with E-state index in [0.717, 1.165) is 6.08 Å². The summed E-state index contributed by atoms with van der Waals surface area (Å²) in [5.74, 6) is 0.0110. The average molecular weight is 292 g/mol. The molecule has 0 fully saturated rings. The van der Waals surface area contributed by atoms with Crippen molar-refractivity contribution in [2.75, 3.05) is 20.7 Å². The maximum absolute atomic E-state index is 13.1. The largest absolute Gasteiger partial charge is 0.431 e. The topological polar surface area (TPSA) is 35.8 Å². The van der Waals surface area contributed by atoms with Crippen molar-refractivity contribution in [3.8, 4) is 0 Å². The van der Waals surface area contributed by atoms with Crippen molar-refractivity contribution < 1.29 is 18.3 Å². The zero-order chi connectivity index (χ0) is 15.9. The molecule has 0 saturated heterocycles. The van der Waals surface area contributed by atoms with E-state index >= 15 is 0 Å². The Morgan fingerprint density at radius 1 is 1.40 bits per heavy atom. The van der Waals surface area contributed by atoms with E-state index in [1.807, 2.05) is 6.92 Å². The third kappa shape index (κ3) is 5.77. The van der Waals surface area contributed by atoms with Gasteiger partial charge in [-0.25, -0.2) is 0 Å². The second kappa shape index (κ2) is 8.09. The SMILES string of the molecule is C=C(/C=C(\N(C)[C@H](C)C(C)CC=NC)C(F)(F)F)CO. The van der Waals surface area contributed by atoms with E-state index in [1.165, 1.54) is 11.9 Å². The van der Waals surface area contributed by atoms with Gasteiger partial charge in [0.25, 0.3) is 0 Å². The Labute approximate surface area is 118 Å². The van der Waals surface area contributed by atoms with E-state index in [-0.39, 0.29) is 17.5 Å². The number of allylic oxidation sites excluding steroid dienone is 1. The molecule has 0 heterocycles. The van der Waals surface area contributed by atoms with Crippen LogP contribution in [0, 0.1) is 5.92 Å². The molecule has 0 bridgehead atoms. The fourth-order valence-corrected chi connectivity index (χ4v) is 1.69. The summed E-state index contributed by atoms with van der Waals surface area (Å²) in [7, 11) is 3.03. The number of alkyl halides is 3. The van der Waals surface area contributed by atoms with Gasteiger partial charge in [-0.1, -0.05) is 13.5 Å². The van der Waals surface area contributed by atoms with Gasteiger partial charge in [0.15, 0.2) is 0 Å². The molecule has 0 saturated carbocycles. The Kier molecular flexibility index (Phi) is 7.57. The van der Waals surface area contributed by atoms with Gasteiger partial charge in [-0.2, -0.15) is 13.2 Å². The van der Waals surface area contributed by atoms with Crippen LogP contribution >= 0.6 is 0 Å². The Hall–Kier alpha value is -1.30. The number of aliphatic hydroxyl groups excluding tert-OH is 1. The second-order valence-electron chi connectivity index (χ2n) is 4.85. The molecule has 0 aliphatic carbocycles. The first kappa shape index (κ1) is 18.7. The zero-order valence-electron chi connectivity index (χ0n) is 12.4. The molecular weight excluding hydrogens is 269 g/mol. The van der Waals surface area contributed by atoms with E-state index in [9.17, 15) is 13.2 Å². The lowest BCUT2D eigenvalue weighted by molar-refractivity contribution is -0.113. The van der Waals surface area contributed by atoms with Crippen molar-refractivity contribution in [3.63, 3.8) is 0 Å². The minimum absolute atomic E-state index is 0.0110. The number of hydrogen-bond donors (Lipinski definition) is 1. The summed E-state index contributed by atoms with van der Waals surface area (Å²) >= 11 is 0. The van der Waals surface area contributed by atoms with Gasteiger partial charge in [0.05, 0.1) is 6.61 Å². The highest BCUT2D eigenvalue weighted by atomic mass is 19.4. The van der Waals surface area contributed by atoms with Gasteiger partial charge in [0.2, 0.25) is 0 Å². The summed E-state index contributed by atoms with van der Waals surface area (Å²) in [5.41, 5.74) is -0.775. The maximum atomic E-state index is 13.1. The molecule has 0 rings (SSSR count). The minimum Gasteiger partial charge on any atom is -0.392 e. The number of aliphatic hydroxyl groups is 1. The number of aliphatic imine (C=N–C) groups is 1. The van der Waals surface area contributed by atoms with Crippen LogP contribution in [-0.4, -0.2) is 49.1 Å². The zero-order valence-corrected chi connectivity index (χ0v) is 12.4. The minimum atomic E-state index is -4.49. The fraction of sp³-hybridized carbons (Fsp3) is 0.643. The first-order valence-corrected chi connectivity index (χ1v) is 6.36. The quantitative estimate of drug-likeness (QED) is 0.578. The predicted molar refractivity (Wildman–Crippen MR) is 75.8 cm³/mol. The smallest absolute Gasteiger partial charge is 0.392 e. The summed E-state index contributed by atoms with van der Waals surface area (Å²) in [4.78, 5) is 5.02. The molecule has 0 spiro atoms. The van der Waals surface area contributed by atoms with Crippen LogP contribution in [-0.2, 0) is 0 Å². The van der Waals surface area contributed by atoms with Crippen LogP contribution < -0.4 is 0 Å². The van der Waals surface area contributed by atoms with Gasteiger partial charge in [0, 0.05) is 20.1 Å². The van der Waals surface area contributed by atoms with E-state index in [0.29, 0.717) is 6.42 Å². The van der Waals surface area contributed by atoms with Crippen molar-refractivity contribution >= 4 is 6.21 Å². The molecule has 0 aromatic rings. The van der Waals surface area contributed by atoms with Crippen LogP contribution in [0.25, 0.3) is 0 Å². The number of rotatable bonds is 7. The van der Waals surface area contributed by atoms with Crippen molar-refractivity contribution in [2.45, 2.75) is 32.5 Å². The van der Waals surface area contributed by atoms with Crippen LogP contribution in [0.15, 0.2) is 28.9 Å². The van der Waals surface area contributed by atoms with Gasteiger partial charge in [-0.15, -0.1) is 0 Å². The van der Waals surface area contributed by atoms with Gasteiger partial charge in [-0.05, 0) is 37.1 Å². The summed E-state index contributed by atoms with van der Waals surface area (Å²) in [6, 6.07) is -0.327. The summed E-state index contributed by atoms with van der Waals surface area (Å²) in [5, 5.41) is 8.85. The highest BCUT2D eigenvalue weighted by molar-refractivity contribution is 5.57. The van der Waals surface area contributed by atoms with Crippen molar-refractivity contribution in [3.05, 3.63) is 23.9 Å². The number of hydrogen-bond acceptors (Lipinski definition) is 3. The van der Waals surface area contributed by atoms with Crippen molar-refractivity contribution in [2.24, 2.45) is 10.9 Å². The van der Waals surface area contributed by atoms with E-state index < -0.39 is 18.5 Å². The third-order valence-corrected chi connectivity index (χ3v) is 3.31. The molecule has 0 aromatic carbocycles. The molecule has 6 heteroatoms. The van der Waals surface area contributed by atoms with Gasteiger partial charge < -0.3 is 15.0 Å². The van der Waals surface area contributed by atoms with Crippen LogP contribution in [0.5, 0.6) is 0 Å². The Morgan fingerprint density at radius 3 is 2.35 bits per heavy atom. The molecule has 1 N–H and O–H groups in total. The molecule has 1 unspecified atom stereocenters. The van der Waals surface area contributed by atoms with Crippen LogP contribution in [0.4, 0.5) is 13.2 Å². The van der Waals surface area contributed by atoms with Crippen molar-refractivity contribution in [1.29, 1.82) is 0 Å².